The summed E-state index contributed by atoms with van der Waals surface area (Å²) in [5.74, 6) is -0.789. The molecule has 1 aromatic rings. The molecule has 1 aromatic heterocycles. The second-order valence-electron chi connectivity index (χ2n) is 5.16. The van der Waals surface area contributed by atoms with Crippen LogP contribution < -0.4 is 0 Å². The van der Waals surface area contributed by atoms with Crippen LogP contribution in [0.2, 0.25) is 0 Å². The number of aromatic nitrogens is 1. The number of rotatable bonds is 6. The summed E-state index contributed by atoms with van der Waals surface area (Å²) in [6.45, 7) is 4.35. The maximum Gasteiger partial charge on any atom is 0.352 e. The molecule has 1 aliphatic heterocycles. The van der Waals surface area contributed by atoms with E-state index in [0.717, 1.165) is 12.8 Å². The highest BCUT2D eigenvalue weighted by Crippen LogP contribution is 2.24. The van der Waals surface area contributed by atoms with Gasteiger partial charge in [0.05, 0.1) is 13.0 Å². The zero-order valence-electron chi connectivity index (χ0n) is 12.3. The quantitative estimate of drug-likeness (QED) is 0.812. The molecule has 1 fully saturated rings. The largest absolute Gasteiger partial charge is 0.477 e. The average molecular weight is 294 g/mol. The predicted octanol–water partition coefficient (Wildman–Crippen LogP) is 1.78. The minimum atomic E-state index is -0.907. The number of carboxylic acids is 1. The van der Waals surface area contributed by atoms with Gasteiger partial charge in [0.2, 0.25) is 5.91 Å². The number of nitrogens with zero attached hydrogens (tertiary/aromatic N) is 2. The lowest BCUT2D eigenvalue weighted by Gasteiger charge is -2.33. The van der Waals surface area contributed by atoms with E-state index >= 15 is 0 Å². The summed E-state index contributed by atoms with van der Waals surface area (Å²) in [6, 6.07) is 3.52. The van der Waals surface area contributed by atoms with E-state index in [-0.39, 0.29) is 11.9 Å². The molecular formula is C15H22N2O4. The Hall–Kier alpha value is -1.82. The zero-order chi connectivity index (χ0) is 15.2. The number of hydrogen-bond acceptors (Lipinski definition) is 3. The van der Waals surface area contributed by atoms with E-state index in [1.54, 1.807) is 18.3 Å². The molecule has 0 aliphatic carbocycles. The summed E-state index contributed by atoms with van der Waals surface area (Å²) in [4.78, 5) is 25.0. The van der Waals surface area contributed by atoms with Crippen LogP contribution in [0.25, 0.3) is 0 Å². The lowest BCUT2D eigenvalue weighted by molar-refractivity contribution is -0.133. The fraction of sp³-hybridized carbons (Fsp3) is 0.600. The third kappa shape index (κ3) is 3.85. The van der Waals surface area contributed by atoms with Gasteiger partial charge in [0.1, 0.15) is 5.69 Å². The molecule has 0 radical (unpaired) electrons. The Morgan fingerprint density at radius 2 is 2.10 bits per heavy atom. The Bertz CT molecular complexity index is 490. The number of carbonyl (C=O) groups is 2. The standard InChI is InChI=1S/C15H22N2O4/c1-2-21-11-7-14(18)16-9-5-12(6-10-16)17-8-3-4-13(17)15(19)20/h3-4,8,12H,2,5-7,9-11H2,1H3,(H,19,20). The van der Waals surface area contributed by atoms with Crippen LogP contribution in [-0.2, 0) is 9.53 Å². The molecule has 1 amide bonds. The average Bonchev–Trinajstić information content (AvgIpc) is 2.97. The van der Waals surface area contributed by atoms with Crippen molar-refractivity contribution in [3.8, 4) is 0 Å². The van der Waals surface area contributed by atoms with Crippen molar-refractivity contribution in [2.45, 2.75) is 32.2 Å². The van der Waals surface area contributed by atoms with Crippen molar-refractivity contribution in [3.63, 3.8) is 0 Å². The van der Waals surface area contributed by atoms with E-state index in [1.807, 2.05) is 16.4 Å². The van der Waals surface area contributed by atoms with Crippen molar-refractivity contribution in [2.75, 3.05) is 26.3 Å². The van der Waals surface area contributed by atoms with Crippen molar-refractivity contribution in [2.24, 2.45) is 0 Å². The van der Waals surface area contributed by atoms with Crippen molar-refractivity contribution in [1.82, 2.24) is 9.47 Å². The number of amides is 1. The van der Waals surface area contributed by atoms with Gasteiger partial charge < -0.3 is 19.3 Å². The van der Waals surface area contributed by atoms with Gasteiger partial charge in [-0.25, -0.2) is 4.79 Å². The molecule has 21 heavy (non-hydrogen) atoms. The highest BCUT2D eigenvalue weighted by atomic mass is 16.5. The topological polar surface area (TPSA) is 71.8 Å². The SMILES string of the molecule is CCOCCC(=O)N1CCC(n2cccc2C(=O)O)CC1. The molecule has 116 valence electrons. The second-order valence-corrected chi connectivity index (χ2v) is 5.16. The highest BCUT2D eigenvalue weighted by molar-refractivity contribution is 5.85. The third-order valence-corrected chi connectivity index (χ3v) is 3.87. The summed E-state index contributed by atoms with van der Waals surface area (Å²) in [5, 5.41) is 9.15. The van der Waals surface area contributed by atoms with Gasteiger partial charge in [0.25, 0.3) is 0 Å². The first-order valence-electron chi connectivity index (χ1n) is 7.39. The number of hydrogen-bond donors (Lipinski definition) is 1. The summed E-state index contributed by atoms with van der Waals surface area (Å²) in [5.41, 5.74) is 0.316. The molecular weight excluding hydrogens is 272 g/mol. The molecule has 0 bridgehead atoms. The minimum absolute atomic E-state index is 0.118. The predicted molar refractivity (Wildman–Crippen MR) is 77.4 cm³/mol. The molecule has 0 atom stereocenters. The van der Waals surface area contributed by atoms with Crippen LogP contribution in [0.1, 0.15) is 42.7 Å². The van der Waals surface area contributed by atoms with E-state index in [9.17, 15) is 9.59 Å². The maximum absolute atomic E-state index is 12.0. The van der Waals surface area contributed by atoms with Crippen LogP contribution in [0.5, 0.6) is 0 Å². The van der Waals surface area contributed by atoms with Crippen LogP contribution in [-0.4, -0.2) is 52.8 Å². The van der Waals surface area contributed by atoms with Gasteiger partial charge in [-0.3, -0.25) is 4.79 Å². The summed E-state index contributed by atoms with van der Waals surface area (Å²) in [7, 11) is 0. The first-order chi connectivity index (χ1) is 10.1. The molecule has 0 aromatic carbocycles. The van der Waals surface area contributed by atoms with Gasteiger partial charge >= 0.3 is 5.97 Å². The van der Waals surface area contributed by atoms with Gasteiger partial charge in [-0.15, -0.1) is 0 Å². The minimum Gasteiger partial charge on any atom is -0.477 e. The molecule has 1 aliphatic rings. The fourth-order valence-corrected chi connectivity index (χ4v) is 2.75. The number of ether oxygens (including phenoxy) is 1. The molecule has 2 heterocycles. The number of aromatic carboxylic acids is 1. The third-order valence-electron chi connectivity index (χ3n) is 3.87. The van der Waals surface area contributed by atoms with E-state index in [4.69, 9.17) is 9.84 Å². The Kier molecular flexibility index (Phi) is 5.38. The van der Waals surface area contributed by atoms with E-state index in [2.05, 4.69) is 0 Å². The summed E-state index contributed by atoms with van der Waals surface area (Å²) in [6.07, 6.45) is 3.80. The molecule has 1 saturated heterocycles. The van der Waals surface area contributed by atoms with Crippen LogP contribution in [0.3, 0.4) is 0 Å². The number of carbonyl (C=O) groups excluding carboxylic acids is 1. The lowest BCUT2D eigenvalue weighted by atomic mass is 10.0. The molecule has 6 heteroatoms. The lowest BCUT2D eigenvalue weighted by Crippen LogP contribution is -2.39. The van der Waals surface area contributed by atoms with Crippen molar-refractivity contribution >= 4 is 11.9 Å². The summed E-state index contributed by atoms with van der Waals surface area (Å²) < 4.78 is 7.01. The van der Waals surface area contributed by atoms with Gasteiger partial charge in [-0.2, -0.15) is 0 Å². The van der Waals surface area contributed by atoms with E-state index < -0.39 is 5.97 Å². The molecule has 1 N–H and O–H groups in total. The van der Waals surface area contributed by atoms with Gasteiger partial charge in [-0.1, -0.05) is 0 Å². The van der Waals surface area contributed by atoms with Crippen LogP contribution >= 0.6 is 0 Å². The fourth-order valence-electron chi connectivity index (χ4n) is 2.75. The number of likely N-dealkylation sites (tertiary alicyclic amines) is 1. The Balaban J connectivity index is 1.87. The molecule has 0 saturated carbocycles. The molecule has 6 nitrogen and oxygen atoms in total. The van der Waals surface area contributed by atoms with Gasteiger partial charge in [-0.05, 0) is 31.9 Å². The van der Waals surface area contributed by atoms with Crippen molar-refractivity contribution in [3.05, 3.63) is 24.0 Å². The smallest absolute Gasteiger partial charge is 0.352 e. The maximum atomic E-state index is 12.0. The Morgan fingerprint density at radius 3 is 2.71 bits per heavy atom. The van der Waals surface area contributed by atoms with Crippen LogP contribution in [0.4, 0.5) is 0 Å². The van der Waals surface area contributed by atoms with Gasteiger partial charge in [0.15, 0.2) is 0 Å². The normalized spacial score (nSPS) is 16.1. The molecule has 0 unspecified atom stereocenters. The molecule has 2 rings (SSSR count). The van der Waals surface area contributed by atoms with Crippen molar-refractivity contribution < 1.29 is 19.4 Å². The van der Waals surface area contributed by atoms with E-state index in [0.29, 0.717) is 38.4 Å². The highest BCUT2D eigenvalue weighted by Gasteiger charge is 2.25. The Morgan fingerprint density at radius 1 is 1.38 bits per heavy atom. The number of carboxylic acid groups (broad SMARTS) is 1. The second kappa shape index (κ2) is 7.26. The first kappa shape index (κ1) is 15.6. The summed E-state index contributed by atoms with van der Waals surface area (Å²) >= 11 is 0. The monoisotopic (exact) mass is 294 g/mol. The van der Waals surface area contributed by atoms with Crippen LogP contribution in [0, 0.1) is 0 Å². The zero-order valence-corrected chi connectivity index (χ0v) is 12.3. The Labute approximate surface area is 124 Å². The van der Waals surface area contributed by atoms with E-state index in [1.165, 1.54) is 0 Å². The first-order valence-corrected chi connectivity index (χ1v) is 7.39. The van der Waals surface area contributed by atoms with Gasteiger partial charge in [0, 0.05) is 31.9 Å². The number of piperidine rings is 1. The molecule has 0 spiro atoms. The van der Waals surface area contributed by atoms with Crippen LogP contribution in [0.15, 0.2) is 18.3 Å². The van der Waals surface area contributed by atoms with Crippen molar-refractivity contribution in [1.29, 1.82) is 0 Å².